The molecule has 0 unspecified atom stereocenters. The molecule has 0 saturated carbocycles. The minimum atomic E-state index is -3.85. The fraction of sp³-hybridized carbons (Fsp3) is 0.118. The molecule has 5 heteroatoms. The van der Waals surface area contributed by atoms with Gasteiger partial charge in [0.15, 0.2) is 0 Å². The largest absolute Gasteiger partial charge is 0.218 e. The SMILES string of the molecule is Cc1ccc(/C=C(\C#N)S(=O)(=O)c2ccc(Cl)cc2)c(C)c1. The number of benzene rings is 2. The van der Waals surface area contributed by atoms with E-state index in [0.717, 1.165) is 11.1 Å². The molecule has 0 heterocycles. The molecular formula is C17H14ClNO2S. The van der Waals surface area contributed by atoms with Crippen LogP contribution in [0.2, 0.25) is 5.02 Å². The molecule has 0 aliphatic heterocycles. The Balaban J connectivity index is 2.53. The van der Waals surface area contributed by atoms with Crippen LogP contribution in [-0.4, -0.2) is 8.42 Å². The molecule has 0 aromatic heterocycles. The second kappa shape index (κ2) is 6.35. The quantitative estimate of drug-likeness (QED) is 0.788. The van der Waals surface area contributed by atoms with Gasteiger partial charge in [0, 0.05) is 5.02 Å². The monoisotopic (exact) mass is 331 g/mol. The predicted molar refractivity (Wildman–Crippen MR) is 88.1 cm³/mol. The Morgan fingerprint density at radius 3 is 2.32 bits per heavy atom. The van der Waals surface area contributed by atoms with E-state index in [-0.39, 0.29) is 9.80 Å². The summed E-state index contributed by atoms with van der Waals surface area (Å²) >= 11 is 5.77. The van der Waals surface area contributed by atoms with Crippen molar-refractivity contribution in [1.82, 2.24) is 0 Å². The highest BCUT2D eigenvalue weighted by atomic mass is 35.5. The van der Waals surface area contributed by atoms with Gasteiger partial charge in [-0.3, -0.25) is 0 Å². The third kappa shape index (κ3) is 3.38. The summed E-state index contributed by atoms with van der Waals surface area (Å²) < 4.78 is 25.0. The van der Waals surface area contributed by atoms with Crippen LogP contribution in [0.15, 0.2) is 52.3 Å². The molecule has 0 amide bonds. The topological polar surface area (TPSA) is 57.9 Å². The number of sulfone groups is 1. The van der Waals surface area contributed by atoms with E-state index in [1.807, 2.05) is 26.0 Å². The lowest BCUT2D eigenvalue weighted by atomic mass is 10.1. The fourth-order valence-electron chi connectivity index (χ4n) is 2.04. The van der Waals surface area contributed by atoms with Crippen molar-refractivity contribution in [3.05, 3.63) is 69.1 Å². The molecule has 0 spiro atoms. The minimum Gasteiger partial charge on any atom is -0.218 e. The maximum atomic E-state index is 12.5. The molecule has 2 aromatic rings. The summed E-state index contributed by atoms with van der Waals surface area (Å²) in [6.07, 6.45) is 1.40. The van der Waals surface area contributed by atoms with Crippen molar-refractivity contribution >= 4 is 27.5 Å². The Hall–Kier alpha value is -2.09. The normalized spacial score (nSPS) is 12.0. The van der Waals surface area contributed by atoms with Gasteiger partial charge in [-0.2, -0.15) is 5.26 Å². The second-order valence-electron chi connectivity index (χ2n) is 4.94. The molecule has 22 heavy (non-hydrogen) atoms. The van der Waals surface area contributed by atoms with Crippen LogP contribution in [0, 0.1) is 25.2 Å². The first-order valence-corrected chi connectivity index (χ1v) is 8.40. The van der Waals surface area contributed by atoms with E-state index >= 15 is 0 Å². The van der Waals surface area contributed by atoms with Gasteiger partial charge in [-0.15, -0.1) is 0 Å². The summed E-state index contributed by atoms with van der Waals surface area (Å²) in [5, 5.41) is 9.70. The Bertz CT molecular complexity index is 876. The molecule has 0 bridgehead atoms. The maximum Gasteiger partial charge on any atom is 0.216 e. The highest BCUT2D eigenvalue weighted by Gasteiger charge is 2.20. The first-order valence-electron chi connectivity index (χ1n) is 6.54. The van der Waals surface area contributed by atoms with Gasteiger partial charge in [-0.05, 0) is 55.3 Å². The van der Waals surface area contributed by atoms with E-state index in [1.165, 1.54) is 30.3 Å². The van der Waals surface area contributed by atoms with Gasteiger partial charge in [0.05, 0.1) is 4.90 Å². The van der Waals surface area contributed by atoms with Crippen molar-refractivity contribution in [2.45, 2.75) is 18.7 Å². The van der Waals surface area contributed by atoms with Gasteiger partial charge in [0.2, 0.25) is 9.84 Å². The zero-order valence-electron chi connectivity index (χ0n) is 12.2. The number of rotatable bonds is 3. The molecular weight excluding hydrogens is 318 g/mol. The van der Waals surface area contributed by atoms with E-state index in [2.05, 4.69) is 0 Å². The fourth-order valence-corrected chi connectivity index (χ4v) is 3.32. The molecule has 112 valence electrons. The van der Waals surface area contributed by atoms with Gasteiger partial charge in [-0.25, -0.2) is 8.42 Å². The second-order valence-corrected chi connectivity index (χ2v) is 7.29. The molecule has 0 atom stereocenters. The van der Waals surface area contributed by atoms with Crippen LogP contribution in [0.25, 0.3) is 6.08 Å². The number of aryl methyl sites for hydroxylation is 2. The predicted octanol–water partition coefficient (Wildman–Crippen LogP) is 4.30. The number of hydrogen-bond acceptors (Lipinski definition) is 3. The van der Waals surface area contributed by atoms with Crippen molar-refractivity contribution in [3.63, 3.8) is 0 Å². The average Bonchev–Trinajstić information content (AvgIpc) is 2.46. The summed E-state index contributed by atoms with van der Waals surface area (Å²) in [6, 6.07) is 13.2. The van der Waals surface area contributed by atoms with Crippen LogP contribution < -0.4 is 0 Å². The van der Waals surface area contributed by atoms with E-state index in [1.54, 1.807) is 12.1 Å². The smallest absolute Gasteiger partial charge is 0.216 e. The lowest BCUT2D eigenvalue weighted by Gasteiger charge is -2.05. The highest BCUT2D eigenvalue weighted by Crippen LogP contribution is 2.24. The third-order valence-corrected chi connectivity index (χ3v) is 5.17. The Morgan fingerprint density at radius 2 is 1.77 bits per heavy atom. The Kier molecular flexibility index (Phi) is 4.70. The Labute approximate surface area is 135 Å². The maximum absolute atomic E-state index is 12.5. The van der Waals surface area contributed by atoms with Crippen molar-refractivity contribution in [3.8, 4) is 6.07 Å². The molecule has 0 aliphatic rings. The van der Waals surface area contributed by atoms with Gasteiger partial charge in [0.25, 0.3) is 0 Å². The molecule has 0 saturated heterocycles. The lowest BCUT2D eigenvalue weighted by Crippen LogP contribution is -2.03. The molecule has 3 nitrogen and oxygen atoms in total. The van der Waals surface area contributed by atoms with Crippen molar-refractivity contribution < 1.29 is 8.42 Å². The van der Waals surface area contributed by atoms with Crippen molar-refractivity contribution in [2.24, 2.45) is 0 Å². The van der Waals surface area contributed by atoms with Gasteiger partial charge in [0.1, 0.15) is 11.0 Å². The highest BCUT2D eigenvalue weighted by molar-refractivity contribution is 7.95. The molecule has 2 aromatic carbocycles. The summed E-state index contributed by atoms with van der Waals surface area (Å²) in [7, 11) is -3.85. The average molecular weight is 332 g/mol. The Morgan fingerprint density at radius 1 is 1.14 bits per heavy atom. The number of halogens is 1. The zero-order valence-corrected chi connectivity index (χ0v) is 13.7. The van der Waals surface area contributed by atoms with E-state index < -0.39 is 9.84 Å². The van der Waals surface area contributed by atoms with Gasteiger partial charge < -0.3 is 0 Å². The molecule has 0 fully saturated rings. The minimum absolute atomic E-state index is 0.0504. The summed E-state index contributed by atoms with van der Waals surface area (Å²) in [4.78, 5) is -0.240. The summed E-state index contributed by atoms with van der Waals surface area (Å²) in [6.45, 7) is 3.83. The van der Waals surface area contributed by atoms with Crippen LogP contribution in [0.1, 0.15) is 16.7 Å². The standard InChI is InChI=1S/C17H14ClNO2S/c1-12-3-4-14(13(2)9-12)10-17(11-19)22(20,21)16-7-5-15(18)6-8-16/h3-10H,1-2H3/b17-10+. The van der Waals surface area contributed by atoms with Crippen molar-refractivity contribution in [1.29, 1.82) is 5.26 Å². The van der Waals surface area contributed by atoms with Crippen LogP contribution in [0.5, 0.6) is 0 Å². The molecule has 0 radical (unpaired) electrons. The van der Waals surface area contributed by atoms with Crippen LogP contribution in [0.3, 0.4) is 0 Å². The van der Waals surface area contributed by atoms with Gasteiger partial charge in [-0.1, -0.05) is 35.4 Å². The van der Waals surface area contributed by atoms with E-state index in [0.29, 0.717) is 10.6 Å². The molecule has 0 N–H and O–H groups in total. The molecule has 0 aliphatic carbocycles. The van der Waals surface area contributed by atoms with Gasteiger partial charge >= 0.3 is 0 Å². The number of allylic oxidation sites excluding steroid dienone is 1. The summed E-state index contributed by atoms with van der Waals surface area (Å²) in [5.41, 5.74) is 2.70. The third-order valence-electron chi connectivity index (χ3n) is 3.24. The van der Waals surface area contributed by atoms with Crippen LogP contribution in [0.4, 0.5) is 0 Å². The lowest BCUT2D eigenvalue weighted by molar-refractivity contribution is 0.603. The van der Waals surface area contributed by atoms with Crippen LogP contribution in [-0.2, 0) is 9.84 Å². The zero-order chi connectivity index (χ0) is 16.3. The van der Waals surface area contributed by atoms with Crippen molar-refractivity contribution in [2.75, 3.05) is 0 Å². The van der Waals surface area contributed by atoms with E-state index in [9.17, 15) is 13.7 Å². The van der Waals surface area contributed by atoms with Crippen LogP contribution >= 0.6 is 11.6 Å². The number of hydrogen-bond donors (Lipinski definition) is 0. The van der Waals surface area contributed by atoms with E-state index in [4.69, 9.17) is 11.6 Å². The first kappa shape index (κ1) is 16.3. The number of nitriles is 1. The number of nitrogens with zero attached hydrogens (tertiary/aromatic N) is 1. The molecule has 2 rings (SSSR count). The first-order chi connectivity index (χ1) is 10.3. The summed E-state index contributed by atoms with van der Waals surface area (Å²) in [5.74, 6) is 0.